The number of benzene rings is 1. The Morgan fingerprint density at radius 3 is 2.63 bits per heavy atom. The van der Waals surface area contributed by atoms with E-state index in [0.717, 1.165) is 36.8 Å². The number of nitrogens with zero attached hydrogens (tertiary/aromatic N) is 2. The number of hydrogen-bond donors (Lipinski definition) is 1. The van der Waals surface area contributed by atoms with Crippen LogP contribution >= 0.6 is 0 Å². The predicted molar refractivity (Wildman–Crippen MR) is 103 cm³/mol. The number of nitrogens with one attached hydrogen (secondary N) is 1. The first-order valence-corrected chi connectivity index (χ1v) is 10.7. The molecule has 0 atom stereocenters. The molecule has 1 aromatic carbocycles. The van der Waals surface area contributed by atoms with Gasteiger partial charge in [-0.25, -0.2) is 18.1 Å². The minimum Gasteiger partial charge on any atom is -0.474 e. The van der Waals surface area contributed by atoms with Gasteiger partial charge in [0, 0.05) is 18.3 Å². The Morgan fingerprint density at radius 2 is 2.00 bits per heavy atom. The van der Waals surface area contributed by atoms with Gasteiger partial charge in [0.2, 0.25) is 15.9 Å². The minimum absolute atomic E-state index is 0.000268. The molecule has 27 heavy (non-hydrogen) atoms. The second-order valence-electron chi connectivity index (χ2n) is 6.95. The van der Waals surface area contributed by atoms with Crippen molar-refractivity contribution in [1.29, 1.82) is 5.26 Å². The molecule has 142 valence electrons. The van der Waals surface area contributed by atoms with Gasteiger partial charge >= 0.3 is 0 Å². The van der Waals surface area contributed by atoms with E-state index in [1.165, 1.54) is 6.20 Å². The van der Waals surface area contributed by atoms with E-state index in [-0.39, 0.29) is 17.9 Å². The zero-order valence-electron chi connectivity index (χ0n) is 15.3. The third-order valence-corrected chi connectivity index (χ3v) is 6.02. The first kappa shape index (κ1) is 19.3. The van der Waals surface area contributed by atoms with Gasteiger partial charge in [-0.3, -0.25) is 0 Å². The van der Waals surface area contributed by atoms with E-state index in [4.69, 9.17) is 10.00 Å². The van der Waals surface area contributed by atoms with Crippen LogP contribution in [0.5, 0.6) is 5.88 Å². The zero-order valence-corrected chi connectivity index (χ0v) is 16.1. The summed E-state index contributed by atoms with van der Waals surface area (Å²) in [5, 5.41) is 8.79. The fourth-order valence-corrected chi connectivity index (χ4v) is 4.75. The van der Waals surface area contributed by atoms with Gasteiger partial charge in [0.1, 0.15) is 12.2 Å². The molecule has 1 heterocycles. The average Bonchev–Trinajstić information content (AvgIpc) is 2.63. The summed E-state index contributed by atoms with van der Waals surface area (Å²) < 4.78 is 33.5. The van der Waals surface area contributed by atoms with Crippen LogP contribution in [0.2, 0.25) is 0 Å². The molecular weight excluding hydrogens is 362 g/mol. The molecule has 1 N–H and O–H groups in total. The zero-order chi connectivity index (χ0) is 19.3. The molecule has 0 amide bonds. The Balaban J connectivity index is 1.49. The molecule has 0 unspecified atom stereocenters. The Hall–Kier alpha value is -2.43. The topological polar surface area (TPSA) is 92.1 Å². The minimum atomic E-state index is -3.37. The van der Waals surface area contributed by atoms with E-state index < -0.39 is 10.0 Å². The first-order valence-electron chi connectivity index (χ1n) is 9.02. The van der Waals surface area contributed by atoms with Crippen LogP contribution in [0, 0.1) is 18.3 Å². The van der Waals surface area contributed by atoms with Gasteiger partial charge in [0.25, 0.3) is 0 Å². The maximum atomic E-state index is 12.4. The highest BCUT2D eigenvalue weighted by Gasteiger charge is 2.26. The summed E-state index contributed by atoms with van der Waals surface area (Å²) in [5.74, 6) is 0.498. The lowest BCUT2D eigenvalue weighted by molar-refractivity contribution is 0.138. The van der Waals surface area contributed by atoms with Crippen molar-refractivity contribution in [3.63, 3.8) is 0 Å². The summed E-state index contributed by atoms with van der Waals surface area (Å²) in [5.41, 5.74) is 2.34. The van der Waals surface area contributed by atoms with Crippen molar-refractivity contribution >= 4 is 10.0 Å². The van der Waals surface area contributed by atoms with Crippen LogP contribution in [-0.2, 0) is 15.8 Å². The van der Waals surface area contributed by atoms with Crippen molar-refractivity contribution < 1.29 is 13.2 Å². The maximum Gasteiger partial charge on any atom is 0.216 e. The molecule has 1 aliphatic rings. The Morgan fingerprint density at radius 1 is 1.22 bits per heavy atom. The highest BCUT2D eigenvalue weighted by Crippen LogP contribution is 2.24. The second-order valence-corrected chi connectivity index (χ2v) is 8.71. The van der Waals surface area contributed by atoms with Crippen LogP contribution in [0.25, 0.3) is 0 Å². The average molecular weight is 385 g/mol. The Kier molecular flexibility index (Phi) is 6.09. The highest BCUT2D eigenvalue weighted by molar-refractivity contribution is 7.88. The quantitative estimate of drug-likeness (QED) is 0.825. The molecule has 7 heteroatoms. The molecule has 0 saturated heterocycles. The van der Waals surface area contributed by atoms with Crippen molar-refractivity contribution in [3.8, 4) is 11.9 Å². The number of ether oxygens (including phenoxy) is 1. The number of aromatic nitrogens is 1. The number of nitriles is 1. The number of aryl methyl sites for hydroxylation is 1. The van der Waals surface area contributed by atoms with Crippen LogP contribution in [0.3, 0.4) is 0 Å². The summed E-state index contributed by atoms with van der Waals surface area (Å²) in [6.45, 7) is 1.95. The van der Waals surface area contributed by atoms with E-state index in [1.807, 2.05) is 37.3 Å². The van der Waals surface area contributed by atoms with E-state index in [0.29, 0.717) is 11.4 Å². The van der Waals surface area contributed by atoms with Crippen LogP contribution in [0.4, 0.5) is 0 Å². The molecule has 3 rings (SSSR count). The van der Waals surface area contributed by atoms with Gasteiger partial charge in [0.05, 0.1) is 11.3 Å². The Labute approximate surface area is 160 Å². The lowest BCUT2D eigenvalue weighted by atomic mass is 9.94. The van der Waals surface area contributed by atoms with Crippen molar-refractivity contribution in [2.24, 2.45) is 0 Å². The van der Waals surface area contributed by atoms with Crippen LogP contribution in [0.1, 0.15) is 42.4 Å². The monoisotopic (exact) mass is 385 g/mol. The van der Waals surface area contributed by atoms with Gasteiger partial charge in [-0.05, 0) is 44.2 Å². The molecule has 1 fully saturated rings. The predicted octanol–water partition coefficient (Wildman–Crippen LogP) is 3.07. The van der Waals surface area contributed by atoms with Crippen LogP contribution in [0.15, 0.2) is 42.6 Å². The summed E-state index contributed by atoms with van der Waals surface area (Å²) >= 11 is 0. The standard InChI is InChI=1S/C20H23N3O3S/c1-15-3-2-4-16(11-15)14-27(24,25)23-18-6-8-19(9-7-18)26-20-10-5-17(12-21)13-22-20/h2-5,10-11,13,18-19,23H,6-9,14H2,1H3. The van der Waals surface area contributed by atoms with Gasteiger partial charge < -0.3 is 4.74 Å². The molecule has 0 spiro atoms. The van der Waals surface area contributed by atoms with E-state index in [9.17, 15) is 8.42 Å². The summed E-state index contributed by atoms with van der Waals surface area (Å²) in [6.07, 6.45) is 4.49. The van der Waals surface area contributed by atoms with E-state index >= 15 is 0 Å². The van der Waals surface area contributed by atoms with Crippen LogP contribution < -0.4 is 9.46 Å². The summed E-state index contributed by atoms with van der Waals surface area (Å²) in [6, 6.07) is 12.9. The second kappa shape index (κ2) is 8.51. The largest absolute Gasteiger partial charge is 0.474 e. The Bertz CT molecular complexity index is 912. The lowest BCUT2D eigenvalue weighted by Gasteiger charge is -2.29. The van der Waals surface area contributed by atoms with Gasteiger partial charge in [0.15, 0.2) is 0 Å². The van der Waals surface area contributed by atoms with Gasteiger partial charge in [-0.2, -0.15) is 5.26 Å². The fourth-order valence-electron chi connectivity index (χ4n) is 3.30. The molecule has 0 aliphatic heterocycles. The normalized spacial score (nSPS) is 20.0. The molecule has 1 aromatic heterocycles. The van der Waals surface area contributed by atoms with Crippen LogP contribution in [-0.4, -0.2) is 25.5 Å². The van der Waals surface area contributed by atoms with E-state index in [2.05, 4.69) is 9.71 Å². The van der Waals surface area contributed by atoms with E-state index in [1.54, 1.807) is 12.1 Å². The van der Waals surface area contributed by atoms with Gasteiger partial charge in [-0.15, -0.1) is 0 Å². The number of rotatable bonds is 6. The SMILES string of the molecule is Cc1cccc(CS(=O)(=O)NC2CCC(Oc3ccc(C#N)cn3)CC2)c1. The van der Waals surface area contributed by atoms with Crippen molar-refractivity contribution in [1.82, 2.24) is 9.71 Å². The molecule has 2 aromatic rings. The maximum absolute atomic E-state index is 12.4. The van der Waals surface area contributed by atoms with Crippen molar-refractivity contribution in [2.75, 3.05) is 0 Å². The molecule has 6 nitrogen and oxygen atoms in total. The number of pyridine rings is 1. The smallest absolute Gasteiger partial charge is 0.216 e. The van der Waals surface area contributed by atoms with Gasteiger partial charge in [-0.1, -0.05) is 29.8 Å². The molecular formula is C20H23N3O3S. The first-order chi connectivity index (χ1) is 12.9. The lowest BCUT2D eigenvalue weighted by Crippen LogP contribution is -2.40. The summed E-state index contributed by atoms with van der Waals surface area (Å²) in [4.78, 5) is 4.12. The van der Waals surface area contributed by atoms with Crippen molar-refractivity contribution in [2.45, 2.75) is 50.5 Å². The molecule has 1 aliphatic carbocycles. The highest BCUT2D eigenvalue weighted by atomic mass is 32.2. The number of hydrogen-bond acceptors (Lipinski definition) is 5. The molecule has 0 bridgehead atoms. The summed E-state index contributed by atoms with van der Waals surface area (Å²) in [7, 11) is -3.37. The molecule has 0 radical (unpaired) electrons. The third-order valence-electron chi connectivity index (χ3n) is 4.61. The molecule has 1 saturated carbocycles. The number of sulfonamides is 1. The third kappa shape index (κ3) is 5.78. The fraction of sp³-hybridized carbons (Fsp3) is 0.400. The van der Waals surface area contributed by atoms with Crippen molar-refractivity contribution in [3.05, 3.63) is 59.3 Å².